The molecule has 0 aromatic heterocycles. The van der Waals surface area contributed by atoms with Crippen LogP contribution in [0.1, 0.15) is 58.6 Å². The maximum atomic E-state index is 12.8. The smallest absolute Gasteiger partial charge is 0.460 e. The highest BCUT2D eigenvalue weighted by atomic mass is 16.6. The lowest BCUT2D eigenvalue weighted by Gasteiger charge is -2.23. The van der Waals surface area contributed by atoms with Gasteiger partial charge in [-0.15, -0.1) is 0 Å². The lowest BCUT2D eigenvalue weighted by Crippen LogP contribution is -2.34. The van der Waals surface area contributed by atoms with E-state index in [0.717, 1.165) is 16.6 Å². The Morgan fingerprint density at radius 2 is 1.79 bits per heavy atom. The fourth-order valence-corrected chi connectivity index (χ4v) is 3.85. The number of benzene rings is 2. The van der Waals surface area contributed by atoms with Crippen molar-refractivity contribution in [1.29, 1.82) is 0 Å². The minimum Gasteiger partial charge on any atom is -0.460 e. The van der Waals surface area contributed by atoms with Gasteiger partial charge in [-0.2, -0.15) is 0 Å². The Hall–Kier alpha value is -2.84. The lowest BCUT2D eigenvalue weighted by atomic mass is 9.80. The summed E-state index contributed by atoms with van der Waals surface area (Å²) in [5.74, 6) is 0.668. The van der Waals surface area contributed by atoms with E-state index in [4.69, 9.17) is 14.1 Å². The molecule has 1 heterocycles. The molecule has 1 aliphatic rings. The highest BCUT2D eigenvalue weighted by molar-refractivity contribution is 6.61. The molecule has 0 radical (unpaired) electrons. The van der Waals surface area contributed by atoms with Crippen molar-refractivity contribution in [3.8, 4) is 11.5 Å². The van der Waals surface area contributed by atoms with Gasteiger partial charge >= 0.3 is 13.1 Å². The second-order valence-electron chi connectivity index (χ2n) is 10.1. The molecule has 3 rings (SSSR count). The molecule has 34 heavy (non-hydrogen) atoms. The van der Waals surface area contributed by atoms with Crippen LogP contribution in [0.5, 0.6) is 11.5 Å². The molecule has 2 aromatic rings. The van der Waals surface area contributed by atoms with Crippen molar-refractivity contribution in [2.24, 2.45) is 11.8 Å². The van der Waals surface area contributed by atoms with Crippen molar-refractivity contribution in [3.05, 3.63) is 53.6 Å². The van der Waals surface area contributed by atoms with E-state index in [-0.39, 0.29) is 24.2 Å². The number of carbonyl (C=O) groups is 2. The molecule has 0 fully saturated rings. The van der Waals surface area contributed by atoms with Gasteiger partial charge in [0.05, 0.1) is 13.0 Å². The lowest BCUT2D eigenvalue weighted by molar-refractivity contribution is -0.157. The van der Waals surface area contributed by atoms with Gasteiger partial charge < -0.3 is 24.5 Å². The highest BCUT2D eigenvalue weighted by Gasteiger charge is 2.28. The Kier molecular flexibility index (Phi) is 8.39. The van der Waals surface area contributed by atoms with E-state index in [1.165, 1.54) is 0 Å². The van der Waals surface area contributed by atoms with Gasteiger partial charge in [-0.1, -0.05) is 32.0 Å². The summed E-state index contributed by atoms with van der Waals surface area (Å²) in [6, 6.07) is 12.9. The summed E-state index contributed by atoms with van der Waals surface area (Å²) >= 11 is 0. The van der Waals surface area contributed by atoms with Gasteiger partial charge in [-0.05, 0) is 74.0 Å². The molecular formula is C26H34BNO6. The number of carbonyl (C=O) groups excluding carboxylic acids is 2. The maximum absolute atomic E-state index is 12.8. The van der Waals surface area contributed by atoms with Gasteiger partial charge in [-0.3, -0.25) is 9.59 Å². The standard InChI is InChI=1S/C26H34BNO6/c1-17(2)12-19(14-24(29)34-26(3,4)5)25(30)28-15-18-6-8-21(9-7-18)33-22-10-11-23-20(13-22)16-32-27(23)31/h6-11,13,17,19,31H,12,14-16H2,1-5H3,(H,28,30). The minimum absolute atomic E-state index is 0.0664. The SMILES string of the molecule is CC(C)CC(CC(=O)OC(C)(C)C)C(=O)NCc1ccc(Oc2ccc3c(c2)COB3O)cc1. The first kappa shape index (κ1) is 25.8. The number of nitrogens with one attached hydrogen (secondary N) is 1. The van der Waals surface area contributed by atoms with Crippen LogP contribution >= 0.6 is 0 Å². The van der Waals surface area contributed by atoms with Crippen LogP contribution in [0.25, 0.3) is 0 Å². The van der Waals surface area contributed by atoms with Crippen LogP contribution in [0.3, 0.4) is 0 Å². The van der Waals surface area contributed by atoms with Crippen LogP contribution in [0.15, 0.2) is 42.5 Å². The van der Waals surface area contributed by atoms with E-state index in [2.05, 4.69) is 5.32 Å². The van der Waals surface area contributed by atoms with Crippen molar-refractivity contribution >= 4 is 24.5 Å². The van der Waals surface area contributed by atoms with Crippen LogP contribution in [0.4, 0.5) is 0 Å². The molecule has 0 bridgehead atoms. The van der Waals surface area contributed by atoms with E-state index < -0.39 is 18.6 Å². The Balaban J connectivity index is 1.54. The zero-order chi connectivity index (χ0) is 24.9. The summed E-state index contributed by atoms with van der Waals surface area (Å²) in [6.45, 7) is 10.2. The summed E-state index contributed by atoms with van der Waals surface area (Å²) in [5.41, 5.74) is 2.02. The highest BCUT2D eigenvalue weighted by Crippen LogP contribution is 2.24. The fourth-order valence-electron chi connectivity index (χ4n) is 3.85. The van der Waals surface area contributed by atoms with Crippen LogP contribution in [0, 0.1) is 11.8 Å². The summed E-state index contributed by atoms with van der Waals surface area (Å²) in [5, 5.41) is 12.7. The predicted octanol–water partition coefficient (Wildman–Crippen LogP) is 3.71. The molecular weight excluding hydrogens is 433 g/mol. The fraction of sp³-hybridized carbons (Fsp3) is 0.462. The zero-order valence-corrected chi connectivity index (χ0v) is 20.6. The number of rotatable bonds is 9. The average molecular weight is 467 g/mol. The van der Waals surface area contributed by atoms with Gasteiger partial charge in [0.1, 0.15) is 17.1 Å². The van der Waals surface area contributed by atoms with Crippen LogP contribution in [-0.4, -0.2) is 29.6 Å². The van der Waals surface area contributed by atoms with Crippen molar-refractivity contribution in [1.82, 2.24) is 5.32 Å². The molecule has 2 aromatic carbocycles. The molecule has 7 nitrogen and oxygen atoms in total. The van der Waals surface area contributed by atoms with Crippen LogP contribution in [-0.2, 0) is 32.1 Å². The van der Waals surface area contributed by atoms with Gasteiger partial charge in [-0.25, -0.2) is 0 Å². The molecule has 1 aliphatic heterocycles. The molecule has 1 unspecified atom stereocenters. The quantitative estimate of drug-likeness (QED) is 0.432. The number of fused-ring (bicyclic) bond motifs is 1. The first-order valence-corrected chi connectivity index (χ1v) is 11.7. The monoisotopic (exact) mass is 467 g/mol. The summed E-state index contributed by atoms with van der Waals surface area (Å²) in [6.07, 6.45) is 0.678. The Bertz CT molecular complexity index is 999. The van der Waals surface area contributed by atoms with E-state index in [9.17, 15) is 14.6 Å². The van der Waals surface area contributed by atoms with Crippen molar-refractivity contribution in [3.63, 3.8) is 0 Å². The third-order valence-corrected chi connectivity index (χ3v) is 5.36. The number of esters is 1. The molecule has 182 valence electrons. The molecule has 1 amide bonds. The molecule has 2 N–H and O–H groups in total. The molecule has 0 aliphatic carbocycles. The average Bonchev–Trinajstić information content (AvgIpc) is 3.11. The van der Waals surface area contributed by atoms with Crippen LogP contribution < -0.4 is 15.5 Å². The number of hydrogen-bond acceptors (Lipinski definition) is 6. The topological polar surface area (TPSA) is 94.1 Å². The largest absolute Gasteiger partial charge is 0.491 e. The third kappa shape index (κ3) is 7.60. The second kappa shape index (κ2) is 11.1. The van der Waals surface area contributed by atoms with Gasteiger partial charge in [0.25, 0.3) is 0 Å². The first-order chi connectivity index (χ1) is 16.0. The third-order valence-electron chi connectivity index (χ3n) is 5.36. The molecule has 0 spiro atoms. The number of hydrogen-bond donors (Lipinski definition) is 2. The van der Waals surface area contributed by atoms with Crippen molar-refractivity contribution in [2.75, 3.05) is 0 Å². The second-order valence-corrected chi connectivity index (χ2v) is 10.1. The molecule has 0 saturated heterocycles. The normalized spacial score (nSPS) is 14.0. The van der Waals surface area contributed by atoms with E-state index in [1.54, 1.807) is 12.1 Å². The van der Waals surface area contributed by atoms with Gasteiger partial charge in [0.15, 0.2) is 0 Å². The Labute approximate surface area is 201 Å². The van der Waals surface area contributed by atoms with E-state index in [0.29, 0.717) is 31.1 Å². The predicted molar refractivity (Wildman–Crippen MR) is 131 cm³/mol. The number of amides is 1. The molecule has 8 heteroatoms. The number of ether oxygens (including phenoxy) is 2. The van der Waals surface area contributed by atoms with Crippen molar-refractivity contribution in [2.45, 2.75) is 66.2 Å². The van der Waals surface area contributed by atoms with Crippen LogP contribution in [0.2, 0.25) is 0 Å². The Morgan fingerprint density at radius 1 is 1.12 bits per heavy atom. The summed E-state index contributed by atoms with van der Waals surface area (Å²) < 4.78 is 16.5. The Morgan fingerprint density at radius 3 is 2.44 bits per heavy atom. The summed E-state index contributed by atoms with van der Waals surface area (Å²) in [4.78, 5) is 25.1. The van der Waals surface area contributed by atoms with Gasteiger partial charge in [0.2, 0.25) is 5.91 Å². The molecule has 1 atom stereocenters. The zero-order valence-electron chi connectivity index (χ0n) is 20.6. The maximum Gasteiger partial charge on any atom is 0.491 e. The summed E-state index contributed by atoms with van der Waals surface area (Å²) in [7, 11) is -0.872. The first-order valence-electron chi connectivity index (χ1n) is 11.7. The molecule has 0 saturated carbocycles. The van der Waals surface area contributed by atoms with E-state index in [1.807, 2.05) is 65.0 Å². The van der Waals surface area contributed by atoms with Gasteiger partial charge in [0, 0.05) is 12.5 Å². The van der Waals surface area contributed by atoms with Crippen molar-refractivity contribution < 1.29 is 28.7 Å². The van der Waals surface area contributed by atoms with E-state index >= 15 is 0 Å². The minimum atomic E-state index is -0.872.